The molecule has 1 atom stereocenters. The van der Waals surface area contributed by atoms with E-state index in [1.165, 1.54) is 18.5 Å². The van der Waals surface area contributed by atoms with Gasteiger partial charge in [-0.2, -0.15) is 13.9 Å². The van der Waals surface area contributed by atoms with Crippen molar-refractivity contribution in [2.24, 2.45) is 7.05 Å². The number of ether oxygens (including phenoxy) is 1. The molecule has 23 heavy (non-hydrogen) atoms. The zero-order valence-corrected chi connectivity index (χ0v) is 13.3. The van der Waals surface area contributed by atoms with Gasteiger partial charge in [-0.3, -0.25) is 4.68 Å². The highest BCUT2D eigenvalue weighted by molar-refractivity contribution is 7.99. The van der Waals surface area contributed by atoms with Gasteiger partial charge in [-0.05, 0) is 24.6 Å². The Kier molecular flexibility index (Phi) is 4.42. The smallest absolute Gasteiger partial charge is 0.387 e. The van der Waals surface area contributed by atoms with Crippen LogP contribution in [0.3, 0.4) is 0 Å². The lowest BCUT2D eigenvalue weighted by Crippen LogP contribution is -2.01. The monoisotopic (exact) mass is 336 g/mol. The highest BCUT2D eigenvalue weighted by atomic mass is 32.2. The summed E-state index contributed by atoms with van der Waals surface area (Å²) in [6, 6.07) is 6.63. The van der Waals surface area contributed by atoms with Crippen molar-refractivity contribution in [2.75, 3.05) is 0 Å². The maximum Gasteiger partial charge on any atom is 0.387 e. The van der Waals surface area contributed by atoms with Gasteiger partial charge in [-0.25, -0.2) is 9.97 Å². The fraction of sp³-hybridized carbons (Fsp3) is 0.267. The summed E-state index contributed by atoms with van der Waals surface area (Å²) in [5.74, 6) is 0.151. The summed E-state index contributed by atoms with van der Waals surface area (Å²) in [6.45, 7) is -0.787. The third kappa shape index (κ3) is 3.42. The quantitative estimate of drug-likeness (QED) is 0.524. The number of fused-ring (bicyclic) bond motifs is 1. The van der Waals surface area contributed by atoms with Gasteiger partial charge in [0, 0.05) is 12.3 Å². The molecule has 2 heterocycles. The third-order valence-corrected chi connectivity index (χ3v) is 4.53. The zero-order valence-electron chi connectivity index (χ0n) is 12.5. The van der Waals surface area contributed by atoms with Crippen molar-refractivity contribution in [3.05, 3.63) is 42.4 Å². The first-order chi connectivity index (χ1) is 11.0. The van der Waals surface area contributed by atoms with E-state index < -0.39 is 6.61 Å². The first-order valence-corrected chi connectivity index (χ1v) is 7.76. The molecule has 0 fully saturated rings. The van der Waals surface area contributed by atoms with E-state index >= 15 is 0 Å². The van der Waals surface area contributed by atoms with E-state index in [1.807, 2.05) is 14.0 Å². The van der Waals surface area contributed by atoms with E-state index in [9.17, 15) is 8.78 Å². The molecule has 0 saturated carbocycles. The molecule has 3 rings (SSSR count). The number of nitrogens with zero attached hydrogens (tertiary/aromatic N) is 4. The van der Waals surface area contributed by atoms with Gasteiger partial charge in [-0.1, -0.05) is 23.9 Å². The van der Waals surface area contributed by atoms with E-state index in [0.29, 0.717) is 0 Å². The number of hydrogen-bond donors (Lipinski definition) is 0. The van der Waals surface area contributed by atoms with E-state index in [2.05, 4.69) is 19.8 Å². The molecular weight excluding hydrogens is 322 g/mol. The van der Waals surface area contributed by atoms with Crippen molar-refractivity contribution >= 4 is 22.8 Å². The second-order valence-corrected chi connectivity index (χ2v) is 6.22. The minimum atomic E-state index is -2.81. The lowest BCUT2D eigenvalue weighted by Gasteiger charge is -2.12. The zero-order chi connectivity index (χ0) is 16.4. The Morgan fingerprint density at radius 3 is 2.61 bits per heavy atom. The van der Waals surface area contributed by atoms with Crippen LogP contribution in [-0.2, 0) is 7.05 Å². The van der Waals surface area contributed by atoms with Crippen LogP contribution in [0.4, 0.5) is 8.78 Å². The molecule has 0 aliphatic heterocycles. The predicted octanol–water partition coefficient (Wildman–Crippen LogP) is 3.82. The number of aryl methyl sites for hydroxylation is 1. The molecule has 0 aliphatic carbocycles. The van der Waals surface area contributed by atoms with Crippen molar-refractivity contribution in [1.29, 1.82) is 0 Å². The van der Waals surface area contributed by atoms with Crippen molar-refractivity contribution in [2.45, 2.75) is 23.8 Å². The Morgan fingerprint density at radius 1 is 1.17 bits per heavy atom. The summed E-state index contributed by atoms with van der Waals surface area (Å²) in [4.78, 5) is 8.53. The van der Waals surface area contributed by atoms with Gasteiger partial charge in [0.2, 0.25) is 0 Å². The Morgan fingerprint density at radius 2 is 1.91 bits per heavy atom. The first-order valence-electron chi connectivity index (χ1n) is 6.88. The van der Waals surface area contributed by atoms with Gasteiger partial charge in [0.1, 0.15) is 17.1 Å². The maximum absolute atomic E-state index is 12.2. The molecule has 1 aromatic carbocycles. The molecular formula is C15H14F2N4OS. The first kappa shape index (κ1) is 15.7. The molecule has 0 N–H and O–H groups in total. The van der Waals surface area contributed by atoms with Crippen molar-refractivity contribution in [1.82, 2.24) is 19.7 Å². The van der Waals surface area contributed by atoms with Gasteiger partial charge < -0.3 is 4.74 Å². The van der Waals surface area contributed by atoms with E-state index in [4.69, 9.17) is 0 Å². The summed E-state index contributed by atoms with van der Waals surface area (Å²) in [5.41, 5.74) is 1.77. The molecule has 0 radical (unpaired) electrons. The van der Waals surface area contributed by atoms with Gasteiger partial charge >= 0.3 is 6.61 Å². The lowest BCUT2D eigenvalue weighted by atomic mass is 10.2. The molecule has 0 aliphatic rings. The lowest BCUT2D eigenvalue weighted by molar-refractivity contribution is -0.0498. The second kappa shape index (κ2) is 6.49. The second-order valence-electron chi connectivity index (χ2n) is 4.89. The molecule has 0 bridgehead atoms. The minimum Gasteiger partial charge on any atom is -0.435 e. The average Bonchev–Trinajstić information content (AvgIpc) is 2.90. The molecule has 0 saturated heterocycles. The maximum atomic E-state index is 12.2. The topological polar surface area (TPSA) is 52.8 Å². The summed E-state index contributed by atoms with van der Waals surface area (Å²) >= 11 is 1.57. The van der Waals surface area contributed by atoms with Crippen molar-refractivity contribution < 1.29 is 13.5 Å². The van der Waals surface area contributed by atoms with Crippen LogP contribution in [0.15, 0.2) is 41.8 Å². The summed E-state index contributed by atoms with van der Waals surface area (Å²) < 4.78 is 30.4. The van der Waals surface area contributed by atoms with Crippen LogP contribution < -0.4 is 4.74 Å². The van der Waals surface area contributed by atoms with E-state index in [1.54, 1.807) is 34.8 Å². The fourth-order valence-electron chi connectivity index (χ4n) is 2.19. The summed E-state index contributed by atoms with van der Waals surface area (Å²) in [5, 5.41) is 6.01. The van der Waals surface area contributed by atoms with Crippen LogP contribution in [0.5, 0.6) is 5.75 Å². The van der Waals surface area contributed by atoms with E-state index in [0.717, 1.165) is 21.6 Å². The number of rotatable bonds is 5. The molecule has 0 amide bonds. The highest BCUT2D eigenvalue weighted by Crippen LogP contribution is 2.37. The molecule has 120 valence electrons. The number of aromatic nitrogens is 4. The van der Waals surface area contributed by atoms with Crippen LogP contribution in [0.25, 0.3) is 11.0 Å². The Labute approximate surface area is 135 Å². The van der Waals surface area contributed by atoms with Crippen LogP contribution in [0.1, 0.15) is 17.7 Å². The molecule has 3 aromatic rings. The molecule has 2 aromatic heterocycles. The van der Waals surface area contributed by atoms with Crippen molar-refractivity contribution in [3.63, 3.8) is 0 Å². The molecule has 5 nitrogen and oxygen atoms in total. The molecule has 0 spiro atoms. The predicted molar refractivity (Wildman–Crippen MR) is 83.7 cm³/mol. The molecule has 8 heteroatoms. The number of benzene rings is 1. The highest BCUT2D eigenvalue weighted by Gasteiger charge is 2.14. The van der Waals surface area contributed by atoms with Gasteiger partial charge in [0.25, 0.3) is 0 Å². The number of hydrogen-bond acceptors (Lipinski definition) is 5. The normalized spacial score (nSPS) is 12.7. The number of alkyl halides is 2. The number of halogens is 2. The standard InChI is InChI=1S/C15H14F2N4OS/c1-9(10-3-5-11(6-4-10)22-15(16)17)23-14-12-7-20-21(2)13(12)18-8-19-14/h3-9,15H,1-2H3/t9-/m0/s1. The molecule has 0 unspecified atom stereocenters. The Bertz CT molecular complexity index is 807. The summed E-state index contributed by atoms with van der Waals surface area (Å²) in [6.07, 6.45) is 3.25. The van der Waals surface area contributed by atoms with Crippen molar-refractivity contribution in [3.8, 4) is 5.75 Å². The van der Waals surface area contributed by atoms with E-state index in [-0.39, 0.29) is 11.0 Å². The SMILES string of the molecule is C[C@H](Sc1ncnc2c1cnn2C)c1ccc(OC(F)F)cc1. The van der Waals surface area contributed by atoms with Gasteiger partial charge in [-0.15, -0.1) is 0 Å². The van der Waals surface area contributed by atoms with Crippen LogP contribution in [0, 0.1) is 0 Å². The Hall–Kier alpha value is -2.22. The Balaban J connectivity index is 1.79. The van der Waals surface area contributed by atoms with Crippen LogP contribution in [-0.4, -0.2) is 26.4 Å². The number of thioether (sulfide) groups is 1. The third-order valence-electron chi connectivity index (χ3n) is 3.36. The van der Waals surface area contributed by atoms with Crippen LogP contribution in [0.2, 0.25) is 0 Å². The van der Waals surface area contributed by atoms with Gasteiger partial charge in [0.15, 0.2) is 5.65 Å². The van der Waals surface area contributed by atoms with Gasteiger partial charge in [0.05, 0.1) is 11.6 Å². The average molecular weight is 336 g/mol. The largest absolute Gasteiger partial charge is 0.435 e. The fourth-order valence-corrected chi connectivity index (χ4v) is 3.20. The summed E-state index contributed by atoms with van der Waals surface area (Å²) in [7, 11) is 1.83. The van der Waals surface area contributed by atoms with Crippen LogP contribution >= 0.6 is 11.8 Å². The minimum absolute atomic E-state index is 0.0916.